The van der Waals surface area contributed by atoms with Crippen molar-refractivity contribution in [2.75, 3.05) is 32.8 Å². The fraction of sp³-hybridized carbons (Fsp3) is 0.476. The SMILES string of the molecule is CCNC(=NCCOc1cccnc1)NC1CCN(Cc2ccccn2)CC1.I. The Morgan fingerprint density at radius 2 is 2.07 bits per heavy atom. The molecule has 1 saturated heterocycles. The smallest absolute Gasteiger partial charge is 0.191 e. The average Bonchev–Trinajstić information content (AvgIpc) is 2.74. The van der Waals surface area contributed by atoms with Crippen LogP contribution in [0.3, 0.4) is 0 Å². The summed E-state index contributed by atoms with van der Waals surface area (Å²) in [6.07, 6.45) is 7.51. The summed E-state index contributed by atoms with van der Waals surface area (Å²) in [5.74, 6) is 1.64. The number of nitrogens with zero attached hydrogens (tertiary/aromatic N) is 4. The van der Waals surface area contributed by atoms with Gasteiger partial charge in [-0.25, -0.2) is 4.99 Å². The summed E-state index contributed by atoms with van der Waals surface area (Å²) in [5.41, 5.74) is 1.14. The number of ether oxygens (including phenoxy) is 1. The molecule has 2 aromatic heterocycles. The molecule has 3 rings (SSSR count). The number of hydrogen-bond donors (Lipinski definition) is 2. The highest BCUT2D eigenvalue weighted by Crippen LogP contribution is 2.13. The Kier molecular flexibility index (Phi) is 10.7. The van der Waals surface area contributed by atoms with Gasteiger partial charge in [-0.1, -0.05) is 6.07 Å². The van der Waals surface area contributed by atoms with E-state index in [-0.39, 0.29) is 24.0 Å². The second-order valence-corrected chi connectivity index (χ2v) is 6.81. The van der Waals surface area contributed by atoms with Gasteiger partial charge in [0.1, 0.15) is 12.4 Å². The number of hydrogen-bond acceptors (Lipinski definition) is 5. The largest absolute Gasteiger partial charge is 0.490 e. The van der Waals surface area contributed by atoms with E-state index >= 15 is 0 Å². The first-order valence-electron chi connectivity index (χ1n) is 10.0. The predicted molar refractivity (Wildman–Crippen MR) is 127 cm³/mol. The lowest BCUT2D eigenvalue weighted by atomic mass is 10.0. The van der Waals surface area contributed by atoms with Crippen LogP contribution in [0.25, 0.3) is 0 Å². The van der Waals surface area contributed by atoms with Gasteiger partial charge in [0.2, 0.25) is 0 Å². The Labute approximate surface area is 190 Å². The zero-order chi connectivity index (χ0) is 19.4. The van der Waals surface area contributed by atoms with Crippen molar-refractivity contribution in [3.05, 3.63) is 54.6 Å². The van der Waals surface area contributed by atoms with Crippen LogP contribution in [0.1, 0.15) is 25.5 Å². The molecule has 0 bridgehead atoms. The molecular weight excluding hydrogens is 479 g/mol. The molecule has 0 radical (unpaired) electrons. The minimum Gasteiger partial charge on any atom is -0.490 e. The van der Waals surface area contributed by atoms with Gasteiger partial charge in [0.15, 0.2) is 5.96 Å². The van der Waals surface area contributed by atoms with Gasteiger partial charge in [-0.05, 0) is 44.0 Å². The molecule has 2 N–H and O–H groups in total. The third kappa shape index (κ3) is 8.53. The summed E-state index contributed by atoms with van der Waals surface area (Å²) in [5, 5.41) is 6.90. The molecule has 0 atom stereocenters. The topological polar surface area (TPSA) is 74.7 Å². The van der Waals surface area contributed by atoms with Crippen LogP contribution in [0.15, 0.2) is 53.9 Å². The lowest BCUT2D eigenvalue weighted by molar-refractivity contribution is 0.196. The Bertz CT molecular complexity index is 708. The molecule has 3 heterocycles. The van der Waals surface area contributed by atoms with Crippen LogP contribution in [-0.4, -0.2) is 59.7 Å². The van der Waals surface area contributed by atoms with Crippen molar-refractivity contribution in [3.8, 4) is 5.75 Å². The van der Waals surface area contributed by atoms with Crippen molar-refractivity contribution in [2.45, 2.75) is 32.4 Å². The molecule has 0 amide bonds. The summed E-state index contributed by atoms with van der Waals surface area (Å²) >= 11 is 0. The minimum atomic E-state index is 0. The van der Waals surface area contributed by atoms with Gasteiger partial charge in [-0.15, -0.1) is 24.0 Å². The number of halogens is 1. The van der Waals surface area contributed by atoms with E-state index in [0.717, 1.165) is 56.4 Å². The monoisotopic (exact) mass is 510 g/mol. The van der Waals surface area contributed by atoms with Crippen LogP contribution in [-0.2, 0) is 6.54 Å². The molecule has 0 aromatic carbocycles. The average molecular weight is 510 g/mol. The van der Waals surface area contributed by atoms with Gasteiger partial charge >= 0.3 is 0 Å². The van der Waals surface area contributed by atoms with E-state index < -0.39 is 0 Å². The highest BCUT2D eigenvalue weighted by molar-refractivity contribution is 14.0. The number of piperidine rings is 1. The fourth-order valence-electron chi connectivity index (χ4n) is 3.22. The molecule has 0 unspecified atom stereocenters. The molecule has 7 nitrogen and oxygen atoms in total. The lowest BCUT2D eigenvalue weighted by Crippen LogP contribution is -2.48. The maximum Gasteiger partial charge on any atom is 0.191 e. The van der Waals surface area contributed by atoms with Gasteiger partial charge in [-0.3, -0.25) is 14.9 Å². The third-order valence-corrected chi connectivity index (χ3v) is 4.65. The van der Waals surface area contributed by atoms with Crippen molar-refractivity contribution in [1.29, 1.82) is 0 Å². The number of likely N-dealkylation sites (tertiary alicyclic amines) is 1. The lowest BCUT2D eigenvalue weighted by Gasteiger charge is -2.32. The van der Waals surface area contributed by atoms with Crippen LogP contribution in [0.2, 0.25) is 0 Å². The molecule has 1 aliphatic heterocycles. The maximum absolute atomic E-state index is 5.66. The number of nitrogens with one attached hydrogen (secondary N) is 2. The van der Waals surface area contributed by atoms with Crippen LogP contribution in [0.4, 0.5) is 0 Å². The second-order valence-electron chi connectivity index (χ2n) is 6.81. The van der Waals surface area contributed by atoms with Crippen LogP contribution in [0.5, 0.6) is 5.75 Å². The summed E-state index contributed by atoms with van der Waals surface area (Å²) in [6, 6.07) is 10.3. The summed E-state index contributed by atoms with van der Waals surface area (Å²) in [4.78, 5) is 15.6. The number of aliphatic imine (C=N–C) groups is 1. The molecule has 0 aliphatic carbocycles. The molecule has 1 aliphatic rings. The molecule has 29 heavy (non-hydrogen) atoms. The number of rotatable bonds is 8. The van der Waals surface area contributed by atoms with Crippen molar-refractivity contribution >= 4 is 29.9 Å². The Hall–Kier alpha value is -1.94. The predicted octanol–water partition coefficient (Wildman–Crippen LogP) is 2.69. The minimum absolute atomic E-state index is 0. The highest BCUT2D eigenvalue weighted by atomic mass is 127. The molecule has 8 heteroatoms. The first kappa shape index (κ1) is 23.3. The Balaban J connectivity index is 0.00000300. The van der Waals surface area contributed by atoms with E-state index in [0.29, 0.717) is 19.2 Å². The molecule has 0 spiro atoms. The van der Waals surface area contributed by atoms with E-state index in [1.807, 2.05) is 30.5 Å². The van der Waals surface area contributed by atoms with Crippen LogP contribution in [0, 0.1) is 0 Å². The van der Waals surface area contributed by atoms with Crippen LogP contribution < -0.4 is 15.4 Å². The fourth-order valence-corrected chi connectivity index (χ4v) is 3.22. The Morgan fingerprint density at radius 1 is 1.21 bits per heavy atom. The van der Waals surface area contributed by atoms with Gasteiger partial charge in [0.25, 0.3) is 0 Å². The van der Waals surface area contributed by atoms with E-state index in [9.17, 15) is 0 Å². The number of pyridine rings is 2. The quantitative estimate of drug-likeness (QED) is 0.246. The van der Waals surface area contributed by atoms with E-state index in [1.165, 1.54) is 0 Å². The molecule has 0 saturated carbocycles. The van der Waals surface area contributed by atoms with Gasteiger partial charge < -0.3 is 15.4 Å². The number of aromatic nitrogens is 2. The molecule has 158 valence electrons. The number of guanidine groups is 1. The van der Waals surface area contributed by atoms with Gasteiger partial charge in [0.05, 0.1) is 18.4 Å². The summed E-state index contributed by atoms with van der Waals surface area (Å²) in [7, 11) is 0. The highest BCUT2D eigenvalue weighted by Gasteiger charge is 2.20. The van der Waals surface area contributed by atoms with Gasteiger partial charge in [-0.2, -0.15) is 0 Å². The normalized spacial score (nSPS) is 15.4. The van der Waals surface area contributed by atoms with Crippen molar-refractivity contribution in [2.24, 2.45) is 4.99 Å². The zero-order valence-electron chi connectivity index (χ0n) is 17.0. The summed E-state index contributed by atoms with van der Waals surface area (Å²) in [6.45, 7) is 7.11. The summed E-state index contributed by atoms with van der Waals surface area (Å²) < 4.78 is 5.66. The third-order valence-electron chi connectivity index (χ3n) is 4.65. The zero-order valence-corrected chi connectivity index (χ0v) is 19.3. The second kappa shape index (κ2) is 13.3. The van der Waals surface area contributed by atoms with Crippen molar-refractivity contribution < 1.29 is 4.74 Å². The first-order valence-corrected chi connectivity index (χ1v) is 10.0. The van der Waals surface area contributed by atoms with Crippen molar-refractivity contribution in [1.82, 2.24) is 25.5 Å². The molecule has 2 aromatic rings. The van der Waals surface area contributed by atoms with E-state index in [4.69, 9.17) is 4.74 Å². The van der Waals surface area contributed by atoms with E-state index in [2.05, 4.69) is 43.5 Å². The molecule has 1 fully saturated rings. The van der Waals surface area contributed by atoms with Crippen LogP contribution >= 0.6 is 24.0 Å². The standard InChI is InChI=1S/C21H30N6O.HI/c1-2-23-21(25-12-15-28-20-7-5-10-22-16-20)26-18-8-13-27(14-9-18)17-19-6-3-4-11-24-19;/h3-7,10-11,16,18H,2,8-9,12-15,17H2,1H3,(H2,23,25,26);1H. The molecular formula is C21H31IN6O. The van der Waals surface area contributed by atoms with Gasteiger partial charge in [0, 0.05) is 44.6 Å². The first-order chi connectivity index (χ1) is 13.8. The van der Waals surface area contributed by atoms with E-state index in [1.54, 1.807) is 12.4 Å². The Morgan fingerprint density at radius 3 is 2.76 bits per heavy atom. The van der Waals surface area contributed by atoms with Crippen molar-refractivity contribution in [3.63, 3.8) is 0 Å². The maximum atomic E-state index is 5.66.